The van der Waals surface area contributed by atoms with E-state index in [1.807, 2.05) is 0 Å². The van der Waals surface area contributed by atoms with Gasteiger partial charge in [0.05, 0.1) is 0 Å². The lowest BCUT2D eigenvalue weighted by Crippen LogP contribution is -2.40. The predicted molar refractivity (Wildman–Crippen MR) is 71.4 cm³/mol. The zero-order chi connectivity index (χ0) is 10.8. The van der Waals surface area contributed by atoms with E-state index in [0.29, 0.717) is 4.75 Å². The number of hydrogen-bond donors (Lipinski definition) is 0. The molecule has 1 fully saturated rings. The van der Waals surface area contributed by atoms with Crippen molar-refractivity contribution in [3.63, 3.8) is 0 Å². The first kappa shape index (κ1) is 12.8. The van der Waals surface area contributed by atoms with Crippen LogP contribution in [0.4, 0.5) is 0 Å². The van der Waals surface area contributed by atoms with Crippen molar-refractivity contribution in [1.29, 1.82) is 0 Å². The van der Waals surface area contributed by atoms with E-state index in [1.54, 1.807) is 0 Å². The number of thioether (sulfide) groups is 2. The van der Waals surface area contributed by atoms with Crippen molar-refractivity contribution in [2.24, 2.45) is 11.8 Å². The summed E-state index contributed by atoms with van der Waals surface area (Å²) in [6, 6.07) is 0. The van der Waals surface area contributed by atoms with E-state index in [-0.39, 0.29) is 0 Å². The first-order valence-electron chi connectivity index (χ1n) is 5.61. The molecular formula is C12H24S2. The zero-order valence-electron chi connectivity index (χ0n) is 10.2. The van der Waals surface area contributed by atoms with E-state index in [4.69, 9.17) is 0 Å². The fourth-order valence-corrected chi connectivity index (χ4v) is 4.77. The van der Waals surface area contributed by atoms with Crippen molar-refractivity contribution in [1.82, 2.24) is 0 Å². The molecule has 1 saturated carbocycles. The van der Waals surface area contributed by atoms with Crippen molar-refractivity contribution < 1.29 is 0 Å². The van der Waals surface area contributed by atoms with Gasteiger partial charge in [-0.1, -0.05) is 13.8 Å². The Bertz CT molecular complexity index is 179. The molecule has 0 saturated heterocycles. The minimum Gasteiger partial charge on any atom is -0.161 e. The Kier molecular flexibility index (Phi) is 4.70. The molecule has 0 bridgehead atoms. The Hall–Kier alpha value is 0.700. The maximum absolute atomic E-state index is 2.45. The van der Waals surface area contributed by atoms with E-state index in [1.165, 1.54) is 19.3 Å². The zero-order valence-corrected chi connectivity index (χ0v) is 11.8. The quantitative estimate of drug-likeness (QED) is 0.712. The van der Waals surface area contributed by atoms with Crippen molar-refractivity contribution in [3.05, 3.63) is 0 Å². The number of hydrogen-bond acceptors (Lipinski definition) is 2. The molecule has 0 N–H and O–H groups in total. The van der Waals surface area contributed by atoms with Crippen LogP contribution in [0.2, 0.25) is 0 Å². The molecule has 14 heavy (non-hydrogen) atoms. The highest BCUT2D eigenvalue weighted by atomic mass is 32.2. The minimum absolute atomic E-state index is 0.533. The van der Waals surface area contributed by atoms with E-state index in [9.17, 15) is 0 Å². The monoisotopic (exact) mass is 232 g/mol. The van der Waals surface area contributed by atoms with Gasteiger partial charge >= 0.3 is 0 Å². The highest BCUT2D eigenvalue weighted by Gasteiger charge is 2.39. The van der Waals surface area contributed by atoms with Gasteiger partial charge in [-0.15, -0.1) is 0 Å². The summed E-state index contributed by atoms with van der Waals surface area (Å²) in [5.74, 6) is 1.84. The Morgan fingerprint density at radius 3 is 2.36 bits per heavy atom. The lowest BCUT2D eigenvalue weighted by Gasteiger charge is -2.43. The summed E-state index contributed by atoms with van der Waals surface area (Å²) in [6.07, 6.45) is 8.82. The van der Waals surface area contributed by atoms with Gasteiger partial charge in [-0.05, 0) is 50.5 Å². The van der Waals surface area contributed by atoms with Crippen molar-refractivity contribution in [2.75, 3.05) is 12.5 Å². The Labute approximate surface area is 98.0 Å². The van der Waals surface area contributed by atoms with Gasteiger partial charge < -0.3 is 0 Å². The van der Waals surface area contributed by atoms with E-state index in [2.05, 4.69) is 56.8 Å². The van der Waals surface area contributed by atoms with Gasteiger partial charge in [-0.2, -0.15) is 23.5 Å². The smallest absolute Gasteiger partial charge is 0.0247 e. The SMILES string of the molecule is CS[C@H]1CC(C(C)C)CC[C@]1(C)SC. The van der Waals surface area contributed by atoms with E-state index < -0.39 is 0 Å². The van der Waals surface area contributed by atoms with Crippen LogP contribution in [0.3, 0.4) is 0 Å². The van der Waals surface area contributed by atoms with Crippen molar-refractivity contribution in [2.45, 2.75) is 50.0 Å². The summed E-state index contributed by atoms with van der Waals surface area (Å²) in [5.41, 5.74) is 0. The predicted octanol–water partition coefficient (Wildman–Crippen LogP) is 4.30. The highest BCUT2D eigenvalue weighted by Crippen LogP contribution is 2.47. The second kappa shape index (κ2) is 5.16. The van der Waals surface area contributed by atoms with Gasteiger partial charge in [-0.25, -0.2) is 0 Å². The summed E-state index contributed by atoms with van der Waals surface area (Å²) in [4.78, 5) is 0. The first-order valence-corrected chi connectivity index (χ1v) is 8.12. The molecule has 84 valence electrons. The molecule has 1 aliphatic carbocycles. The van der Waals surface area contributed by atoms with Crippen LogP contribution in [0.1, 0.15) is 40.0 Å². The first-order chi connectivity index (χ1) is 6.53. The lowest BCUT2D eigenvalue weighted by molar-refractivity contribution is 0.258. The van der Waals surface area contributed by atoms with E-state index >= 15 is 0 Å². The minimum atomic E-state index is 0.533. The summed E-state index contributed by atoms with van der Waals surface area (Å²) >= 11 is 4.15. The van der Waals surface area contributed by atoms with Crippen LogP contribution in [-0.4, -0.2) is 22.5 Å². The van der Waals surface area contributed by atoms with Gasteiger partial charge in [0, 0.05) is 10.00 Å². The Morgan fingerprint density at radius 2 is 1.93 bits per heavy atom. The molecule has 0 aromatic rings. The van der Waals surface area contributed by atoms with Gasteiger partial charge in [0.1, 0.15) is 0 Å². The van der Waals surface area contributed by atoms with Crippen LogP contribution in [0, 0.1) is 11.8 Å². The van der Waals surface area contributed by atoms with Crippen LogP contribution in [0.25, 0.3) is 0 Å². The second-order valence-electron chi connectivity index (χ2n) is 5.02. The van der Waals surface area contributed by atoms with Crippen LogP contribution in [-0.2, 0) is 0 Å². The standard InChI is InChI=1S/C12H24S2/c1-9(2)10-6-7-12(3,14-5)11(8-10)13-4/h9-11H,6-8H2,1-5H3/t10?,11-,12-/m0/s1. The molecule has 1 unspecified atom stereocenters. The summed E-state index contributed by atoms with van der Waals surface area (Å²) < 4.78 is 0.533. The lowest BCUT2D eigenvalue weighted by atomic mass is 9.77. The molecule has 0 heterocycles. The summed E-state index contributed by atoms with van der Waals surface area (Å²) in [6.45, 7) is 7.21. The molecule has 0 spiro atoms. The third kappa shape index (κ3) is 2.63. The van der Waals surface area contributed by atoms with Crippen molar-refractivity contribution >= 4 is 23.5 Å². The Balaban J connectivity index is 2.64. The van der Waals surface area contributed by atoms with Crippen LogP contribution < -0.4 is 0 Å². The maximum Gasteiger partial charge on any atom is 0.0247 e. The molecule has 0 amide bonds. The molecular weight excluding hydrogens is 208 g/mol. The normalized spacial score (nSPS) is 39.0. The molecule has 0 aromatic heterocycles. The average Bonchev–Trinajstić information content (AvgIpc) is 2.18. The van der Waals surface area contributed by atoms with E-state index in [0.717, 1.165) is 17.1 Å². The van der Waals surface area contributed by atoms with Crippen LogP contribution in [0.15, 0.2) is 0 Å². The second-order valence-corrected chi connectivity index (χ2v) is 7.40. The molecule has 3 atom stereocenters. The van der Waals surface area contributed by atoms with Gasteiger partial charge in [0.15, 0.2) is 0 Å². The van der Waals surface area contributed by atoms with Gasteiger partial charge in [0.25, 0.3) is 0 Å². The average molecular weight is 232 g/mol. The highest BCUT2D eigenvalue weighted by molar-refractivity contribution is 8.03. The largest absolute Gasteiger partial charge is 0.161 e. The molecule has 0 aliphatic heterocycles. The molecule has 1 aliphatic rings. The fraction of sp³-hybridized carbons (Fsp3) is 1.00. The Morgan fingerprint density at radius 1 is 1.29 bits per heavy atom. The van der Waals surface area contributed by atoms with Gasteiger partial charge in [0.2, 0.25) is 0 Å². The molecule has 1 rings (SSSR count). The molecule has 0 aromatic carbocycles. The topological polar surface area (TPSA) is 0 Å². The molecule has 2 heteroatoms. The van der Waals surface area contributed by atoms with Crippen LogP contribution >= 0.6 is 23.5 Å². The fourth-order valence-electron chi connectivity index (χ4n) is 2.46. The summed E-state index contributed by atoms with van der Waals surface area (Å²) in [7, 11) is 0. The van der Waals surface area contributed by atoms with Gasteiger partial charge in [-0.3, -0.25) is 0 Å². The summed E-state index contributed by atoms with van der Waals surface area (Å²) in [5, 5.41) is 0.860. The molecule has 0 nitrogen and oxygen atoms in total. The third-order valence-corrected chi connectivity index (χ3v) is 6.76. The van der Waals surface area contributed by atoms with Crippen molar-refractivity contribution in [3.8, 4) is 0 Å². The number of rotatable bonds is 3. The van der Waals surface area contributed by atoms with Crippen LogP contribution in [0.5, 0.6) is 0 Å². The molecule has 0 radical (unpaired) electrons. The third-order valence-electron chi connectivity index (χ3n) is 3.90. The maximum atomic E-state index is 2.45.